The third kappa shape index (κ3) is 6.63. The van der Waals surface area contributed by atoms with Gasteiger partial charge in [-0.2, -0.15) is 0 Å². The topological polar surface area (TPSA) is 115 Å². The van der Waals surface area contributed by atoms with Crippen LogP contribution < -0.4 is 14.4 Å². The summed E-state index contributed by atoms with van der Waals surface area (Å²) >= 11 is 0. The van der Waals surface area contributed by atoms with Crippen LogP contribution in [0.3, 0.4) is 0 Å². The van der Waals surface area contributed by atoms with E-state index in [0.717, 1.165) is 17.5 Å². The molecule has 2 atom stereocenters. The Bertz CT molecular complexity index is 1150. The number of carboxylic acid groups (broad SMARTS) is 1. The second-order valence-electron chi connectivity index (χ2n) is 8.82. The van der Waals surface area contributed by atoms with Crippen molar-refractivity contribution in [3.63, 3.8) is 0 Å². The predicted octanol–water partition coefficient (Wildman–Crippen LogP) is 3.93. The Labute approximate surface area is 222 Å². The first-order chi connectivity index (χ1) is 18.3. The third-order valence-corrected chi connectivity index (χ3v) is 6.34. The van der Waals surface area contributed by atoms with Crippen LogP contribution in [0.5, 0.6) is 11.5 Å². The number of carboxylic acids is 1. The fourth-order valence-corrected chi connectivity index (χ4v) is 4.51. The monoisotopic (exact) mass is 526 g/mol. The lowest BCUT2D eigenvalue weighted by Crippen LogP contribution is -2.57. The molecule has 10 heteroatoms. The summed E-state index contributed by atoms with van der Waals surface area (Å²) in [6, 6.07) is 10.7. The van der Waals surface area contributed by atoms with Crippen molar-refractivity contribution in [2.75, 3.05) is 32.3 Å². The van der Waals surface area contributed by atoms with Gasteiger partial charge in [-0.15, -0.1) is 0 Å². The van der Waals surface area contributed by atoms with Gasteiger partial charge in [0.2, 0.25) is 6.41 Å². The van der Waals surface area contributed by atoms with Gasteiger partial charge in [0.15, 0.2) is 17.7 Å². The van der Waals surface area contributed by atoms with Crippen LogP contribution in [0.4, 0.5) is 10.5 Å². The number of fused-ring (bicyclic) bond motifs is 1. The minimum absolute atomic E-state index is 0.0234. The van der Waals surface area contributed by atoms with Crippen molar-refractivity contribution in [2.24, 2.45) is 0 Å². The number of nitrogens with zero attached hydrogens (tertiary/aromatic N) is 2. The standard InChI is InChI=1S/C28H34N2O8/c1-5-12-38-28(34)30(22-16-25(24(35-3)14-19(22)2)37-13-8-11-26(32)33)27(36-4)23-15-20-9-6-7-10-21(20)17-29(23)18-31/h5-7,9-10,14,16,18,23,27H,1,8,11-13,15,17H2,2-4H3,(H,32,33). The lowest BCUT2D eigenvalue weighted by Gasteiger charge is -2.42. The molecule has 3 rings (SSSR count). The summed E-state index contributed by atoms with van der Waals surface area (Å²) in [6.07, 6.45) is 1.35. The second kappa shape index (κ2) is 13.5. The first-order valence-electron chi connectivity index (χ1n) is 12.2. The van der Waals surface area contributed by atoms with Crippen LogP contribution in [0.2, 0.25) is 0 Å². The Morgan fingerprint density at radius 2 is 1.95 bits per heavy atom. The second-order valence-corrected chi connectivity index (χ2v) is 8.82. The molecule has 0 aromatic heterocycles. The van der Waals surface area contributed by atoms with Crippen molar-refractivity contribution in [1.82, 2.24) is 4.90 Å². The van der Waals surface area contributed by atoms with Gasteiger partial charge >= 0.3 is 12.1 Å². The van der Waals surface area contributed by atoms with Crippen LogP contribution in [-0.4, -0.2) is 68.2 Å². The van der Waals surface area contributed by atoms with E-state index in [2.05, 4.69) is 6.58 Å². The summed E-state index contributed by atoms with van der Waals surface area (Å²) in [6.45, 7) is 5.91. The Hall–Kier alpha value is -4.05. The van der Waals surface area contributed by atoms with E-state index in [1.807, 2.05) is 24.3 Å². The first-order valence-corrected chi connectivity index (χ1v) is 12.2. The molecule has 2 aromatic carbocycles. The van der Waals surface area contributed by atoms with Gasteiger partial charge in [-0.05, 0) is 42.5 Å². The van der Waals surface area contributed by atoms with E-state index in [4.69, 9.17) is 24.1 Å². The minimum Gasteiger partial charge on any atom is -0.493 e. The van der Waals surface area contributed by atoms with Crippen LogP contribution in [0.25, 0.3) is 0 Å². The molecule has 204 valence electrons. The molecule has 0 spiro atoms. The quantitative estimate of drug-likeness (QED) is 0.181. The largest absolute Gasteiger partial charge is 0.493 e. The fourth-order valence-electron chi connectivity index (χ4n) is 4.51. The summed E-state index contributed by atoms with van der Waals surface area (Å²) in [4.78, 5) is 39.5. The normalized spacial score (nSPS) is 15.1. The van der Waals surface area contributed by atoms with Crippen LogP contribution in [0, 0.1) is 6.92 Å². The van der Waals surface area contributed by atoms with Crippen LogP contribution in [0.1, 0.15) is 29.5 Å². The van der Waals surface area contributed by atoms with E-state index in [9.17, 15) is 14.4 Å². The van der Waals surface area contributed by atoms with Gasteiger partial charge in [0.1, 0.15) is 6.61 Å². The number of amides is 2. The first kappa shape index (κ1) is 28.5. The van der Waals surface area contributed by atoms with E-state index in [1.165, 1.54) is 25.2 Å². The molecule has 1 N–H and O–H groups in total. The lowest BCUT2D eigenvalue weighted by molar-refractivity contribution is -0.137. The highest BCUT2D eigenvalue weighted by molar-refractivity contribution is 5.90. The third-order valence-electron chi connectivity index (χ3n) is 6.34. The highest BCUT2D eigenvalue weighted by Gasteiger charge is 2.39. The summed E-state index contributed by atoms with van der Waals surface area (Å²) < 4.78 is 22.6. The van der Waals surface area contributed by atoms with Crippen molar-refractivity contribution in [3.8, 4) is 11.5 Å². The van der Waals surface area contributed by atoms with Crippen LogP contribution in [0.15, 0.2) is 49.1 Å². The van der Waals surface area contributed by atoms with Crippen molar-refractivity contribution < 1.29 is 38.4 Å². The Kier molecular flexibility index (Phi) is 10.1. The Balaban J connectivity index is 2.04. The molecular weight excluding hydrogens is 492 g/mol. The van der Waals surface area contributed by atoms with Gasteiger partial charge < -0.3 is 29.0 Å². The molecule has 10 nitrogen and oxygen atoms in total. The van der Waals surface area contributed by atoms with Gasteiger partial charge in [-0.1, -0.05) is 36.9 Å². The number of benzene rings is 2. The zero-order valence-corrected chi connectivity index (χ0v) is 21.9. The average molecular weight is 527 g/mol. The maximum absolute atomic E-state index is 13.5. The smallest absolute Gasteiger partial charge is 0.416 e. The van der Waals surface area contributed by atoms with Crippen molar-refractivity contribution >= 4 is 24.2 Å². The molecule has 2 aromatic rings. The van der Waals surface area contributed by atoms with E-state index in [1.54, 1.807) is 24.0 Å². The molecule has 1 aliphatic rings. The Morgan fingerprint density at radius 1 is 1.21 bits per heavy atom. The zero-order chi connectivity index (χ0) is 27.7. The maximum atomic E-state index is 13.5. The molecule has 0 bridgehead atoms. The van der Waals surface area contributed by atoms with E-state index in [-0.39, 0.29) is 19.6 Å². The molecule has 2 amide bonds. The van der Waals surface area contributed by atoms with Crippen LogP contribution >= 0.6 is 0 Å². The van der Waals surface area contributed by atoms with Gasteiger partial charge in [-0.25, -0.2) is 9.69 Å². The van der Waals surface area contributed by atoms with Gasteiger partial charge in [-0.3, -0.25) is 9.59 Å². The van der Waals surface area contributed by atoms with Crippen LogP contribution in [-0.2, 0) is 32.0 Å². The van der Waals surface area contributed by atoms with Crippen molar-refractivity contribution in [1.29, 1.82) is 0 Å². The average Bonchev–Trinajstić information content (AvgIpc) is 2.92. The molecule has 38 heavy (non-hydrogen) atoms. The minimum atomic E-state index is -0.918. The molecule has 2 unspecified atom stereocenters. The van der Waals surface area contributed by atoms with Gasteiger partial charge in [0.25, 0.3) is 0 Å². The highest BCUT2D eigenvalue weighted by Crippen LogP contribution is 2.38. The Morgan fingerprint density at radius 3 is 2.58 bits per heavy atom. The summed E-state index contributed by atoms with van der Waals surface area (Å²) in [5, 5.41) is 8.92. The molecule has 0 saturated heterocycles. The number of hydrogen-bond donors (Lipinski definition) is 1. The summed E-state index contributed by atoms with van der Waals surface area (Å²) in [5.74, 6) is -0.162. The summed E-state index contributed by atoms with van der Waals surface area (Å²) in [7, 11) is 2.97. The van der Waals surface area contributed by atoms with Gasteiger partial charge in [0, 0.05) is 26.1 Å². The highest BCUT2D eigenvalue weighted by atomic mass is 16.6. The number of methoxy groups -OCH3 is 2. The van der Waals surface area contributed by atoms with Crippen molar-refractivity contribution in [2.45, 2.75) is 45.0 Å². The molecule has 0 saturated carbocycles. The summed E-state index contributed by atoms with van der Waals surface area (Å²) in [5.41, 5.74) is 3.20. The van der Waals surface area contributed by atoms with E-state index < -0.39 is 24.3 Å². The number of rotatable bonds is 13. The molecule has 1 aliphatic heterocycles. The molecule has 0 fully saturated rings. The maximum Gasteiger partial charge on any atom is 0.416 e. The molecule has 0 aliphatic carbocycles. The SMILES string of the molecule is C=CCOC(=O)N(c1cc(OCCCC(=O)O)c(OC)cc1C)C(OC)C1Cc2ccccc2CN1C=O. The van der Waals surface area contributed by atoms with Gasteiger partial charge in [0.05, 0.1) is 25.4 Å². The molecular formula is C28H34N2O8. The molecule has 0 radical (unpaired) electrons. The van der Waals surface area contributed by atoms with Crippen molar-refractivity contribution in [3.05, 3.63) is 65.7 Å². The predicted molar refractivity (Wildman–Crippen MR) is 140 cm³/mol. The number of carbonyl (C=O) groups is 3. The number of carbonyl (C=O) groups excluding carboxylic acids is 2. The van der Waals surface area contributed by atoms with E-state index >= 15 is 0 Å². The lowest BCUT2D eigenvalue weighted by atomic mass is 9.93. The number of ether oxygens (including phenoxy) is 4. The number of anilines is 1. The number of hydrogen-bond acceptors (Lipinski definition) is 7. The van der Waals surface area contributed by atoms with E-state index in [0.29, 0.717) is 42.1 Å². The fraction of sp³-hybridized carbons (Fsp3) is 0.393. The zero-order valence-electron chi connectivity index (χ0n) is 21.9. The number of aliphatic carboxylic acids is 1. The number of aryl methyl sites for hydroxylation is 1. The molecule has 1 heterocycles.